The molecule has 1 aromatic rings. The van der Waals surface area contributed by atoms with Gasteiger partial charge in [0.1, 0.15) is 0 Å². The Hall–Kier alpha value is -2.55. The first-order valence-corrected chi connectivity index (χ1v) is 10.8. The molecule has 0 aromatic heterocycles. The summed E-state index contributed by atoms with van der Waals surface area (Å²) in [6.07, 6.45) is 3.07. The van der Waals surface area contributed by atoms with Crippen molar-refractivity contribution < 1.29 is 23.9 Å². The fraction of sp³-hybridized carbons (Fsp3) is 0.500. The highest BCUT2D eigenvalue weighted by atomic mass is 32.2. The molecule has 3 rings (SSSR count). The summed E-state index contributed by atoms with van der Waals surface area (Å²) in [6.45, 7) is 0.733. The van der Waals surface area contributed by atoms with Gasteiger partial charge in [-0.05, 0) is 37.3 Å². The number of benzene rings is 1. The van der Waals surface area contributed by atoms with E-state index in [1.165, 1.54) is 0 Å². The molecule has 2 aliphatic heterocycles. The second kappa shape index (κ2) is 9.30. The van der Waals surface area contributed by atoms with Gasteiger partial charge >= 0.3 is 5.97 Å². The maximum atomic E-state index is 12.4. The minimum Gasteiger partial charge on any atom is -0.455 e. The van der Waals surface area contributed by atoms with E-state index in [0.717, 1.165) is 10.6 Å². The van der Waals surface area contributed by atoms with E-state index in [4.69, 9.17) is 10.5 Å². The molecule has 2 N–H and O–H groups in total. The number of nitrogens with two attached hydrogens (primary N) is 1. The summed E-state index contributed by atoms with van der Waals surface area (Å²) in [5.41, 5.74) is 6.05. The molecular weight excluding hydrogens is 394 g/mol. The van der Waals surface area contributed by atoms with E-state index >= 15 is 0 Å². The van der Waals surface area contributed by atoms with Crippen molar-refractivity contribution in [1.29, 1.82) is 0 Å². The number of piperidine rings is 1. The number of hydrogen-bond donors (Lipinski definition) is 1. The van der Waals surface area contributed by atoms with E-state index in [-0.39, 0.29) is 43.2 Å². The van der Waals surface area contributed by atoms with Crippen molar-refractivity contribution >= 4 is 41.1 Å². The highest BCUT2D eigenvalue weighted by Gasteiger charge is 2.36. The summed E-state index contributed by atoms with van der Waals surface area (Å²) >= 11 is 1.58. The molecule has 8 nitrogen and oxygen atoms in total. The lowest BCUT2D eigenvalue weighted by atomic mass is 9.96. The van der Waals surface area contributed by atoms with Crippen LogP contribution in [0.4, 0.5) is 5.69 Å². The van der Waals surface area contributed by atoms with E-state index in [1.54, 1.807) is 21.6 Å². The second-order valence-corrected chi connectivity index (χ2v) is 8.15. The van der Waals surface area contributed by atoms with Crippen LogP contribution < -0.4 is 10.6 Å². The van der Waals surface area contributed by atoms with Crippen molar-refractivity contribution in [3.8, 4) is 0 Å². The van der Waals surface area contributed by atoms with E-state index < -0.39 is 11.9 Å². The first-order valence-electron chi connectivity index (χ1n) is 9.57. The Balaban J connectivity index is 1.49. The number of esters is 1. The fourth-order valence-electron chi connectivity index (χ4n) is 3.65. The van der Waals surface area contributed by atoms with Crippen LogP contribution in [0.3, 0.4) is 0 Å². The van der Waals surface area contributed by atoms with Crippen molar-refractivity contribution in [3.63, 3.8) is 0 Å². The fourth-order valence-corrected chi connectivity index (χ4v) is 4.10. The molecule has 156 valence electrons. The molecule has 0 spiro atoms. The van der Waals surface area contributed by atoms with Crippen LogP contribution in [0.25, 0.3) is 0 Å². The number of carbonyl (C=O) groups is 4. The molecule has 0 unspecified atom stereocenters. The first kappa shape index (κ1) is 21.2. The van der Waals surface area contributed by atoms with Crippen LogP contribution in [-0.4, -0.2) is 61.1 Å². The Morgan fingerprint density at radius 3 is 2.59 bits per heavy atom. The van der Waals surface area contributed by atoms with Gasteiger partial charge in [0.2, 0.25) is 11.8 Å². The molecule has 9 heteroatoms. The summed E-state index contributed by atoms with van der Waals surface area (Å²) in [6, 6.07) is 7.58. The zero-order valence-electron chi connectivity index (χ0n) is 16.3. The van der Waals surface area contributed by atoms with Gasteiger partial charge in [-0.3, -0.25) is 19.2 Å². The predicted molar refractivity (Wildman–Crippen MR) is 108 cm³/mol. The van der Waals surface area contributed by atoms with Crippen molar-refractivity contribution in [2.24, 2.45) is 17.6 Å². The van der Waals surface area contributed by atoms with Gasteiger partial charge < -0.3 is 20.3 Å². The second-order valence-electron chi connectivity index (χ2n) is 7.27. The molecule has 2 fully saturated rings. The van der Waals surface area contributed by atoms with Gasteiger partial charge in [-0.1, -0.05) is 6.07 Å². The Kier molecular flexibility index (Phi) is 6.79. The monoisotopic (exact) mass is 419 g/mol. The van der Waals surface area contributed by atoms with E-state index in [0.29, 0.717) is 25.9 Å². The van der Waals surface area contributed by atoms with Gasteiger partial charge in [-0.25, -0.2) is 0 Å². The number of primary amides is 1. The summed E-state index contributed by atoms with van der Waals surface area (Å²) < 4.78 is 5.19. The molecular formula is C20H25N3O5S. The number of likely N-dealkylation sites (tertiary alicyclic amines) is 1. The molecule has 0 bridgehead atoms. The van der Waals surface area contributed by atoms with Gasteiger partial charge in [0.25, 0.3) is 5.91 Å². The van der Waals surface area contributed by atoms with Crippen molar-refractivity contribution in [2.45, 2.75) is 24.2 Å². The van der Waals surface area contributed by atoms with Gasteiger partial charge in [-0.2, -0.15) is 0 Å². The number of carbonyl (C=O) groups excluding carboxylic acids is 4. The molecule has 2 heterocycles. The maximum Gasteiger partial charge on any atom is 0.311 e. The van der Waals surface area contributed by atoms with Crippen LogP contribution in [0.2, 0.25) is 0 Å². The van der Waals surface area contributed by atoms with Crippen LogP contribution in [-0.2, 0) is 23.9 Å². The third-order valence-electron chi connectivity index (χ3n) is 5.41. The van der Waals surface area contributed by atoms with Gasteiger partial charge in [0.05, 0.1) is 5.92 Å². The normalized spacial score (nSPS) is 20.0. The average molecular weight is 420 g/mol. The summed E-state index contributed by atoms with van der Waals surface area (Å²) in [5, 5.41) is 0. The maximum absolute atomic E-state index is 12.4. The van der Waals surface area contributed by atoms with Crippen LogP contribution >= 0.6 is 11.8 Å². The van der Waals surface area contributed by atoms with E-state index in [1.807, 2.05) is 30.5 Å². The Morgan fingerprint density at radius 1 is 1.21 bits per heavy atom. The minimum atomic E-state index is -0.589. The topological polar surface area (TPSA) is 110 Å². The summed E-state index contributed by atoms with van der Waals surface area (Å²) in [5.74, 6) is -2.11. The molecule has 29 heavy (non-hydrogen) atoms. The molecule has 1 aromatic carbocycles. The van der Waals surface area contributed by atoms with Crippen molar-refractivity contribution in [2.75, 3.05) is 37.4 Å². The highest BCUT2D eigenvalue weighted by Crippen LogP contribution is 2.28. The van der Waals surface area contributed by atoms with Gasteiger partial charge in [-0.15, -0.1) is 11.8 Å². The third-order valence-corrected chi connectivity index (χ3v) is 6.14. The van der Waals surface area contributed by atoms with Crippen LogP contribution in [0.1, 0.15) is 19.3 Å². The predicted octanol–water partition coefficient (Wildman–Crippen LogP) is 1.03. The minimum absolute atomic E-state index is 0.0700. The van der Waals surface area contributed by atoms with Gasteiger partial charge in [0, 0.05) is 42.6 Å². The molecule has 0 aliphatic carbocycles. The molecule has 0 radical (unpaired) electrons. The zero-order valence-corrected chi connectivity index (χ0v) is 17.2. The third kappa shape index (κ3) is 5.09. The quantitative estimate of drug-likeness (QED) is 0.545. The molecule has 2 aliphatic rings. The number of anilines is 1. The van der Waals surface area contributed by atoms with Crippen molar-refractivity contribution in [3.05, 3.63) is 24.3 Å². The number of hydrogen-bond acceptors (Lipinski definition) is 6. The molecule has 2 saturated heterocycles. The SMILES string of the molecule is CSc1cccc(N2C[C@@H](C(=O)OCC(=O)N3CCC(C(N)=O)CC3)CC2=O)c1. The van der Waals surface area contributed by atoms with E-state index in [2.05, 4.69) is 0 Å². The Morgan fingerprint density at radius 2 is 1.93 bits per heavy atom. The molecule has 0 saturated carbocycles. The lowest BCUT2D eigenvalue weighted by Crippen LogP contribution is -2.43. The average Bonchev–Trinajstić information content (AvgIpc) is 3.13. The largest absolute Gasteiger partial charge is 0.455 e. The standard InChI is InChI=1S/C20H25N3O5S/c1-29-16-4-2-3-15(10-16)23-11-14(9-17(23)24)20(27)28-12-18(25)22-7-5-13(6-8-22)19(21)26/h2-4,10,13-14H,5-9,11-12H2,1H3,(H2,21,26)/t14-/m0/s1. The van der Waals surface area contributed by atoms with Gasteiger partial charge in [0.15, 0.2) is 6.61 Å². The number of rotatable bonds is 6. The number of nitrogens with zero attached hydrogens (tertiary/aromatic N) is 2. The molecule has 3 amide bonds. The lowest BCUT2D eigenvalue weighted by Gasteiger charge is -2.30. The summed E-state index contributed by atoms with van der Waals surface area (Å²) in [7, 11) is 0. The Bertz CT molecular complexity index is 807. The number of ether oxygens (including phenoxy) is 1. The molecule has 1 atom stereocenters. The first-order chi connectivity index (χ1) is 13.9. The Labute approximate surface area is 173 Å². The smallest absolute Gasteiger partial charge is 0.311 e. The number of thioether (sulfide) groups is 1. The number of amides is 3. The van der Waals surface area contributed by atoms with Crippen LogP contribution in [0.15, 0.2) is 29.2 Å². The van der Waals surface area contributed by atoms with Crippen molar-refractivity contribution in [1.82, 2.24) is 4.90 Å². The lowest BCUT2D eigenvalue weighted by molar-refractivity contribution is -0.155. The van der Waals surface area contributed by atoms with Crippen LogP contribution in [0, 0.1) is 11.8 Å². The van der Waals surface area contributed by atoms with Crippen LogP contribution in [0.5, 0.6) is 0 Å². The summed E-state index contributed by atoms with van der Waals surface area (Å²) in [4.78, 5) is 52.4. The zero-order chi connectivity index (χ0) is 21.0. The highest BCUT2D eigenvalue weighted by molar-refractivity contribution is 7.98. The van der Waals surface area contributed by atoms with E-state index in [9.17, 15) is 19.2 Å².